The third-order valence-corrected chi connectivity index (χ3v) is 3.79. The standard InChI is InChI=1S/C19H26N4O2.2ClH/c1-19(2,3)15-9-14(25-5)10-16(17(15)24)23-18(20-4)22-12-13-7-6-8-21-11-13;;/h6-11,24H,12H2,1-5H3,(H2,20,22,23);2*1H. The van der Waals surface area contributed by atoms with Crippen LogP contribution in [0.3, 0.4) is 0 Å². The minimum Gasteiger partial charge on any atom is -0.505 e. The molecule has 1 heterocycles. The van der Waals surface area contributed by atoms with Gasteiger partial charge in [0.15, 0.2) is 5.96 Å². The third kappa shape index (κ3) is 6.81. The minimum atomic E-state index is -0.221. The van der Waals surface area contributed by atoms with E-state index in [-0.39, 0.29) is 36.0 Å². The lowest BCUT2D eigenvalue weighted by molar-refractivity contribution is 0.406. The van der Waals surface area contributed by atoms with Crippen LogP contribution in [-0.2, 0) is 12.0 Å². The normalized spacial score (nSPS) is 11.1. The molecule has 2 aromatic rings. The molecule has 8 heteroatoms. The number of aliphatic imine (C=N–C) groups is 1. The van der Waals surface area contributed by atoms with E-state index in [1.54, 1.807) is 32.6 Å². The molecule has 3 N–H and O–H groups in total. The van der Waals surface area contributed by atoms with Gasteiger partial charge in [0, 0.05) is 37.6 Å². The van der Waals surface area contributed by atoms with Gasteiger partial charge < -0.3 is 20.5 Å². The summed E-state index contributed by atoms with van der Waals surface area (Å²) in [4.78, 5) is 8.30. The maximum Gasteiger partial charge on any atom is 0.195 e. The van der Waals surface area contributed by atoms with Crippen molar-refractivity contribution in [3.63, 3.8) is 0 Å². The van der Waals surface area contributed by atoms with E-state index in [0.717, 1.165) is 11.1 Å². The second-order valence-corrected chi connectivity index (χ2v) is 6.73. The number of halogens is 2. The zero-order chi connectivity index (χ0) is 18.4. The van der Waals surface area contributed by atoms with Crippen LogP contribution in [0.2, 0.25) is 0 Å². The molecule has 0 fully saturated rings. The molecular formula is C19H28Cl2N4O2. The van der Waals surface area contributed by atoms with Gasteiger partial charge in [-0.2, -0.15) is 0 Å². The number of nitrogens with zero attached hydrogens (tertiary/aromatic N) is 2. The molecule has 0 aliphatic carbocycles. The van der Waals surface area contributed by atoms with E-state index in [4.69, 9.17) is 4.74 Å². The van der Waals surface area contributed by atoms with Crippen molar-refractivity contribution in [2.45, 2.75) is 32.7 Å². The van der Waals surface area contributed by atoms with Gasteiger partial charge in [0.05, 0.1) is 12.8 Å². The average Bonchev–Trinajstić information content (AvgIpc) is 2.59. The molecule has 0 bridgehead atoms. The van der Waals surface area contributed by atoms with Crippen LogP contribution < -0.4 is 15.4 Å². The predicted molar refractivity (Wildman–Crippen MR) is 116 cm³/mol. The van der Waals surface area contributed by atoms with E-state index < -0.39 is 0 Å². The first-order chi connectivity index (χ1) is 11.8. The first-order valence-electron chi connectivity index (χ1n) is 8.13. The number of methoxy groups -OCH3 is 1. The van der Waals surface area contributed by atoms with Crippen LogP contribution in [0.4, 0.5) is 5.69 Å². The highest BCUT2D eigenvalue weighted by molar-refractivity contribution is 5.95. The number of hydrogen-bond acceptors (Lipinski definition) is 4. The monoisotopic (exact) mass is 414 g/mol. The van der Waals surface area contributed by atoms with Crippen molar-refractivity contribution >= 4 is 36.5 Å². The van der Waals surface area contributed by atoms with Gasteiger partial charge in [0.2, 0.25) is 0 Å². The Morgan fingerprint density at radius 2 is 1.96 bits per heavy atom. The number of ether oxygens (including phenoxy) is 1. The molecule has 1 aromatic heterocycles. The lowest BCUT2D eigenvalue weighted by atomic mass is 9.85. The summed E-state index contributed by atoms with van der Waals surface area (Å²) in [5.41, 5.74) is 2.16. The number of guanidine groups is 1. The van der Waals surface area contributed by atoms with E-state index >= 15 is 0 Å². The van der Waals surface area contributed by atoms with Crippen LogP contribution in [0, 0.1) is 0 Å². The molecule has 0 radical (unpaired) electrons. The lowest BCUT2D eigenvalue weighted by Gasteiger charge is -2.23. The van der Waals surface area contributed by atoms with E-state index in [1.807, 2.05) is 39.0 Å². The summed E-state index contributed by atoms with van der Waals surface area (Å²) in [6.45, 7) is 6.70. The molecule has 150 valence electrons. The Labute approximate surface area is 173 Å². The maximum absolute atomic E-state index is 10.7. The largest absolute Gasteiger partial charge is 0.505 e. The summed E-state index contributed by atoms with van der Waals surface area (Å²) in [5, 5.41) is 17.0. The fraction of sp³-hybridized carbons (Fsp3) is 0.368. The van der Waals surface area contributed by atoms with Gasteiger partial charge in [0.1, 0.15) is 11.5 Å². The Balaban J connectivity index is 0.00000338. The second-order valence-electron chi connectivity index (χ2n) is 6.73. The van der Waals surface area contributed by atoms with Crippen molar-refractivity contribution in [1.82, 2.24) is 10.3 Å². The van der Waals surface area contributed by atoms with Gasteiger partial charge in [0.25, 0.3) is 0 Å². The Hall–Kier alpha value is -2.18. The van der Waals surface area contributed by atoms with E-state index in [9.17, 15) is 5.11 Å². The molecule has 0 spiro atoms. The molecule has 27 heavy (non-hydrogen) atoms. The van der Waals surface area contributed by atoms with Gasteiger partial charge in [-0.15, -0.1) is 24.8 Å². The molecular weight excluding hydrogens is 387 g/mol. The highest BCUT2D eigenvalue weighted by Gasteiger charge is 2.22. The number of rotatable bonds is 4. The van der Waals surface area contributed by atoms with Crippen molar-refractivity contribution < 1.29 is 9.84 Å². The summed E-state index contributed by atoms with van der Waals surface area (Å²) in [6, 6.07) is 7.47. The molecule has 0 saturated heterocycles. The Morgan fingerprint density at radius 3 is 2.48 bits per heavy atom. The Bertz CT molecular complexity index is 747. The van der Waals surface area contributed by atoms with E-state index in [0.29, 0.717) is 23.9 Å². The van der Waals surface area contributed by atoms with Crippen LogP contribution in [0.25, 0.3) is 0 Å². The highest BCUT2D eigenvalue weighted by atomic mass is 35.5. The van der Waals surface area contributed by atoms with Crippen molar-refractivity contribution in [3.05, 3.63) is 47.8 Å². The Morgan fingerprint density at radius 1 is 1.26 bits per heavy atom. The summed E-state index contributed by atoms with van der Waals surface area (Å²) in [6.07, 6.45) is 3.53. The minimum absolute atomic E-state index is 0. The fourth-order valence-electron chi connectivity index (χ4n) is 2.39. The number of hydrogen-bond donors (Lipinski definition) is 3. The topological polar surface area (TPSA) is 78.8 Å². The molecule has 0 unspecified atom stereocenters. The molecule has 1 aromatic carbocycles. The van der Waals surface area contributed by atoms with Crippen molar-refractivity contribution in [2.24, 2.45) is 4.99 Å². The first kappa shape index (κ1) is 24.8. The lowest BCUT2D eigenvalue weighted by Crippen LogP contribution is -2.30. The van der Waals surface area contributed by atoms with Crippen LogP contribution in [0.5, 0.6) is 11.5 Å². The molecule has 2 rings (SSSR count). The van der Waals surface area contributed by atoms with E-state index in [1.165, 1.54) is 0 Å². The van der Waals surface area contributed by atoms with Crippen LogP contribution in [0.1, 0.15) is 31.9 Å². The number of benzene rings is 1. The summed E-state index contributed by atoms with van der Waals surface area (Å²) >= 11 is 0. The third-order valence-electron chi connectivity index (χ3n) is 3.79. The maximum atomic E-state index is 10.7. The number of nitrogens with one attached hydrogen (secondary N) is 2. The smallest absolute Gasteiger partial charge is 0.195 e. The van der Waals surface area contributed by atoms with Gasteiger partial charge in [-0.25, -0.2) is 0 Å². The molecule has 0 amide bonds. The molecule has 0 aliphatic rings. The number of phenolic OH excluding ortho intramolecular Hbond substituents is 1. The van der Waals surface area contributed by atoms with Gasteiger partial charge in [-0.3, -0.25) is 9.98 Å². The zero-order valence-corrected chi connectivity index (χ0v) is 17.9. The van der Waals surface area contributed by atoms with Gasteiger partial charge in [-0.05, 0) is 23.1 Å². The number of phenols is 1. The number of aromatic nitrogens is 1. The van der Waals surface area contributed by atoms with Crippen LogP contribution in [-0.4, -0.2) is 30.2 Å². The van der Waals surface area contributed by atoms with Crippen molar-refractivity contribution in [3.8, 4) is 11.5 Å². The first-order valence-corrected chi connectivity index (χ1v) is 8.13. The summed E-state index contributed by atoms with van der Waals surface area (Å²) < 4.78 is 5.37. The van der Waals surface area contributed by atoms with Gasteiger partial charge in [-0.1, -0.05) is 26.8 Å². The van der Waals surface area contributed by atoms with E-state index in [2.05, 4.69) is 20.6 Å². The Kier molecular flexibility index (Phi) is 9.97. The summed E-state index contributed by atoms with van der Waals surface area (Å²) in [5.74, 6) is 1.41. The quantitative estimate of drug-likeness (QED) is 0.398. The second kappa shape index (κ2) is 10.8. The number of anilines is 1. The zero-order valence-electron chi connectivity index (χ0n) is 16.2. The van der Waals surface area contributed by atoms with Crippen molar-refractivity contribution in [1.29, 1.82) is 0 Å². The average molecular weight is 415 g/mol. The molecule has 6 nitrogen and oxygen atoms in total. The molecule has 0 aliphatic heterocycles. The molecule has 0 saturated carbocycles. The van der Waals surface area contributed by atoms with Gasteiger partial charge >= 0.3 is 0 Å². The highest BCUT2D eigenvalue weighted by Crippen LogP contribution is 2.39. The predicted octanol–water partition coefficient (Wildman–Crippen LogP) is 4.12. The fourth-order valence-corrected chi connectivity index (χ4v) is 2.39. The number of aromatic hydroxyl groups is 1. The molecule has 0 atom stereocenters. The van der Waals surface area contributed by atoms with Crippen LogP contribution >= 0.6 is 24.8 Å². The SMILES string of the molecule is CN=C(NCc1cccnc1)Nc1cc(OC)cc(C(C)(C)C)c1O.Cl.Cl. The number of pyridine rings is 1. The summed E-state index contributed by atoms with van der Waals surface area (Å²) in [7, 11) is 3.29. The van der Waals surface area contributed by atoms with Crippen LogP contribution in [0.15, 0.2) is 41.7 Å². The van der Waals surface area contributed by atoms with Crippen molar-refractivity contribution in [2.75, 3.05) is 19.5 Å².